The first-order valence-electron chi connectivity index (χ1n) is 6.30. The summed E-state index contributed by atoms with van der Waals surface area (Å²) in [6.45, 7) is 4.16. The Morgan fingerprint density at radius 3 is 2.95 bits per heavy atom. The maximum atomic E-state index is 10.7. The number of rotatable bonds is 6. The van der Waals surface area contributed by atoms with Crippen LogP contribution >= 0.6 is 0 Å². The van der Waals surface area contributed by atoms with Crippen molar-refractivity contribution in [3.63, 3.8) is 0 Å². The Labute approximate surface area is 110 Å². The van der Waals surface area contributed by atoms with Gasteiger partial charge in [0, 0.05) is 19.6 Å². The summed E-state index contributed by atoms with van der Waals surface area (Å²) in [5.74, 6) is -0.231. The molecule has 1 atom stereocenters. The van der Waals surface area contributed by atoms with Gasteiger partial charge < -0.3 is 20.0 Å². The van der Waals surface area contributed by atoms with E-state index in [0.717, 1.165) is 32.8 Å². The molecule has 0 amide bonds. The van der Waals surface area contributed by atoms with Gasteiger partial charge in [0.1, 0.15) is 12.4 Å². The third-order valence-corrected chi connectivity index (χ3v) is 3.15. The highest BCUT2D eigenvalue weighted by molar-refractivity contribution is 5.06. The molecule has 106 valence electrons. The second-order valence-electron chi connectivity index (χ2n) is 4.53. The normalized spacial score (nSPS) is 18.4. The molecule has 1 aromatic heterocycles. The van der Waals surface area contributed by atoms with Crippen molar-refractivity contribution in [3.05, 3.63) is 22.5 Å². The predicted octanol–water partition coefficient (Wildman–Crippen LogP) is -0.126. The molecule has 0 saturated carbocycles. The van der Waals surface area contributed by atoms with Crippen LogP contribution < -0.4 is 0 Å². The van der Waals surface area contributed by atoms with Gasteiger partial charge in [-0.1, -0.05) is 4.98 Å². The molecule has 0 bridgehead atoms. The number of nitrogens with zero attached hydrogens (tertiary/aromatic N) is 4. The van der Waals surface area contributed by atoms with E-state index < -0.39 is 11.0 Å². The molecular weight excluding hydrogens is 252 g/mol. The van der Waals surface area contributed by atoms with Crippen molar-refractivity contribution < 1.29 is 14.8 Å². The van der Waals surface area contributed by atoms with Crippen molar-refractivity contribution in [1.29, 1.82) is 0 Å². The monoisotopic (exact) mass is 270 g/mol. The van der Waals surface area contributed by atoms with Crippen LogP contribution in [0.4, 0.5) is 5.95 Å². The van der Waals surface area contributed by atoms with E-state index in [1.54, 1.807) is 0 Å². The number of imidazole rings is 1. The van der Waals surface area contributed by atoms with E-state index in [4.69, 9.17) is 4.74 Å². The van der Waals surface area contributed by atoms with E-state index in [-0.39, 0.29) is 12.5 Å². The molecule has 8 nitrogen and oxygen atoms in total. The first kappa shape index (κ1) is 13.9. The molecule has 1 fully saturated rings. The summed E-state index contributed by atoms with van der Waals surface area (Å²) in [6, 6.07) is 0. The number of hydrogen-bond donors (Lipinski definition) is 1. The molecule has 0 radical (unpaired) electrons. The fourth-order valence-corrected chi connectivity index (χ4v) is 2.09. The molecule has 1 saturated heterocycles. The molecular formula is C11H18N4O4. The van der Waals surface area contributed by atoms with Gasteiger partial charge in [0.25, 0.3) is 0 Å². The number of aliphatic hydroxyl groups is 1. The van der Waals surface area contributed by atoms with Gasteiger partial charge in [-0.2, -0.15) is 0 Å². The maximum Gasteiger partial charge on any atom is 0.434 e. The van der Waals surface area contributed by atoms with E-state index in [1.165, 1.54) is 17.0 Å². The topological polar surface area (TPSA) is 93.7 Å². The number of nitro groups is 1. The fraction of sp³-hybridized carbons (Fsp3) is 0.727. The Kier molecular flexibility index (Phi) is 4.83. The van der Waals surface area contributed by atoms with Crippen molar-refractivity contribution in [2.45, 2.75) is 19.1 Å². The molecule has 8 heteroatoms. The summed E-state index contributed by atoms with van der Waals surface area (Å²) in [4.78, 5) is 16.0. The Morgan fingerprint density at radius 2 is 2.26 bits per heavy atom. The minimum Gasteiger partial charge on any atom is -0.390 e. The van der Waals surface area contributed by atoms with E-state index >= 15 is 0 Å². The molecule has 2 heterocycles. The smallest absolute Gasteiger partial charge is 0.390 e. The number of hydrogen-bond acceptors (Lipinski definition) is 6. The van der Waals surface area contributed by atoms with Crippen LogP contribution in [0.5, 0.6) is 0 Å². The van der Waals surface area contributed by atoms with Crippen LogP contribution in [-0.2, 0) is 11.3 Å². The minimum absolute atomic E-state index is 0.195. The average Bonchev–Trinajstić information content (AvgIpc) is 2.86. The Hall–Kier alpha value is -1.51. The average molecular weight is 270 g/mol. The van der Waals surface area contributed by atoms with Crippen LogP contribution in [0.1, 0.15) is 6.42 Å². The zero-order valence-corrected chi connectivity index (χ0v) is 10.6. The van der Waals surface area contributed by atoms with Crippen LogP contribution in [0, 0.1) is 10.1 Å². The Morgan fingerprint density at radius 1 is 1.53 bits per heavy atom. The fourth-order valence-electron chi connectivity index (χ4n) is 2.09. The number of morpholine rings is 1. The lowest BCUT2D eigenvalue weighted by molar-refractivity contribution is -0.397. The largest absolute Gasteiger partial charge is 0.434 e. The summed E-state index contributed by atoms with van der Waals surface area (Å²) in [7, 11) is 0. The van der Waals surface area contributed by atoms with Crippen LogP contribution in [-0.4, -0.2) is 63.4 Å². The standard InChI is InChI=1S/C11H18N4O4/c16-10(1-3-13-5-7-19-8-6-13)9-14-4-2-12-11(14)15(17)18/h2,4,10,16H,1,3,5-9H2/t10-/m0/s1. The van der Waals surface area contributed by atoms with Crippen molar-refractivity contribution >= 4 is 5.95 Å². The van der Waals surface area contributed by atoms with Crippen molar-refractivity contribution in [3.8, 4) is 0 Å². The quantitative estimate of drug-likeness (QED) is 0.572. The van der Waals surface area contributed by atoms with Gasteiger partial charge in [0.2, 0.25) is 0 Å². The van der Waals surface area contributed by atoms with Crippen molar-refractivity contribution in [2.75, 3.05) is 32.8 Å². The van der Waals surface area contributed by atoms with Crippen molar-refractivity contribution in [1.82, 2.24) is 14.5 Å². The third-order valence-electron chi connectivity index (χ3n) is 3.15. The summed E-state index contributed by atoms with van der Waals surface area (Å²) >= 11 is 0. The van der Waals surface area contributed by atoms with Crippen molar-refractivity contribution in [2.24, 2.45) is 0 Å². The summed E-state index contributed by atoms with van der Waals surface area (Å²) in [6.07, 6.45) is 2.84. The predicted molar refractivity (Wildman–Crippen MR) is 66.8 cm³/mol. The molecule has 19 heavy (non-hydrogen) atoms. The molecule has 1 aliphatic rings. The van der Waals surface area contributed by atoms with Crippen LogP contribution in [0.3, 0.4) is 0 Å². The van der Waals surface area contributed by atoms with E-state index in [1.807, 2.05) is 0 Å². The molecule has 0 aromatic carbocycles. The molecule has 1 aliphatic heterocycles. The highest BCUT2D eigenvalue weighted by atomic mass is 16.6. The van der Waals surface area contributed by atoms with Crippen LogP contribution in [0.25, 0.3) is 0 Å². The first-order valence-corrected chi connectivity index (χ1v) is 6.30. The van der Waals surface area contributed by atoms with Crippen LogP contribution in [0.2, 0.25) is 0 Å². The lowest BCUT2D eigenvalue weighted by Gasteiger charge is -2.27. The SMILES string of the molecule is O=[N+]([O-])c1nccn1C[C@@H](O)CCN1CCOCC1. The maximum absolute atomic E-state index is 10.7. The van der Waals surface area contributed by atoms with Gasteiger partial charge in [-0.05, 0) is 11.3 Å². The highest BCUT2D eigenvalue weighted by Crippen LogP contribution is 2.10. The van der Waals surface area contributed by atoms with Gasteiger partial charge in [0.05, 0.1) is 25.9 Å². The Balaban J connectivity index is 1.78. The van der Waals surface area contributed by atoms with Gasteiger partial charge in [-0.25, -0.2) is 4.57 Å². The second-order valence-corrected chi connectivity index (χ2v) is 4.53. The molecule has 2 rings (SSSR count). The van der Waals surface area contributed by atoms with Crippen LogP contribution in [0.15, 0.2) is 12.4 Å². The number of aliphatic hydroxyl groups excluding tert-OH is 1. The zero-order valence-electron chi connectivity index (χ0n) is 10.6. The number of ether oxygens (including phenoxy) is 1. The van der Waals surface area contributed by atoms with E-state index in [9.17, 15) is 15.2 Å². The summed E-state index contributed by atoms with van der Waals surface area (Å²) in [5.41, 5.74) is 0. The Bertz CT molecular complexity index is 417. The lowest BCUT2D eigenvalue weighted by atomic mass is 10.2. The number of aromatic nitrogens is 2. The van der Waals surface area contributed by atoms with E-state index in [0.29, 0.717) is 6.42 Å². The molecule has 0 spiro atoms. The molecule has 0 unspecified atom stereocenters. The van der Waals surface area contributed by atoms with Gasteiger partial charge in [-0.3, -0.25) is 4.90 Å². The molecule has 1 N–H and O–H groups in total. The minimum atomic E-state index is -0.615. The second kappa shape index (κ2) is 6.60. The summed E-state index contributed by atoms with van der Waals surface area (Å²) in [5, 5.41) is 20.6. The molecule has 1 aromatic rings. The highest BCUT2D eigenvalue weighted by Gasteiger charge is 2.18. The summed E-state index contributed by atoms with van der Waals surface area (Å²) < 4.78 is 6.61. The first-order chi connectivity index (χ1) is 9.16. The lowest BCUT2D eigenvalue weighted by Crippen LogP contribution is -2.38. The third kappa shape index (κ3) is 3.98. The van der Waals surface area contributed by atoms with E-state index in [2.05, 4.69) is 9.88 Å². The van der Waals surface area contributed by atoms with Gasteiger partial charge in [-0.15, -0.1) is 0 Å². The zero-order chi connectivity index (χ0) is 13.7. The molecule has 0 aliphatic carbocycles. The van der Waals surface area contributed by atoms with Gasteiger partial charge >= 0.3 is 5.95 Å². The van der Waals surface area contributed by atoms with Gasteiger partial charge in [0.15, 0.2) is 0 Å².